The second kappa shape index (κ2) is 7.53. The molecule has 1 rings (SSSR count). The first-order valence-corrected chi connectivity index (χ1v) is 8.21. The lowest BCUT2D eigenvalue weighted by molar-refractivity contribution is -0.121. The van der Waals surface area contributed by atoms with Crippen LogP contribution in [-0.4, -0.2) is 39.1 Å². The fourth-order valence-electron chi connectivity index (χ4n) is 2.25. The number of amides is 1. The van der Waals surface area contributed by atoms with Gasteiger partial charge in [0.15, 0.2) is 0 Å². The molecule has 7 heteroatoms. The van der Waals surface area contributed by atoms with E-state index in [1.165, 1.54) is 0 Å². The van der Waals surface area contributed by atoms with Crippen LogP contribution >= 0.6 is 0 Å². The van der Waals surface area contributed by atoms with Crippen LogP contribution in [0.25, 0.3) is 0 Å². The van der Waals surface area contributed by atoms with E-state index in [2.05, 4.69) is 10.0 Å². The number of benzene rings is 1. The molecule has 0 bridgehead atoms. The second-order valence-electron chi connectivity index (χ2n) is 4.95. The molecule has 0 unspecified atom stereocenters. The van der Waals surface area contributed by atoms with Crippen LogP contribution in [0.3, 0.4) is 0 Å². The number of aryl methyl sites for hydroxylation is 3. The van der Waals surface area contributed by atoms with E-state index >= 15 is 0 Å². The lowest BCUT2D eigenvalue weighted by Crippen LogP contribution is -2.32. The summed E-state index contributed by atoms with van der Waals surface area (Å²) < 4.78 is 27.0. The van der Waals surface area contributed by atoms with Crippen molar-refractivity contribution in [3.05, 3.63) is 28.8 Å². The summed E-state index contributed by atoms with van der Waals surface area (Å²) >= 11 is 0. The van der Waals surface area contributed by atoms with Gasteiger partial charge in [-0.3, -0.25) is 4.79 Å². The van der Waals surface area contributed by atoms with E-state index < -0.39 is 10.0 Å². The molecule has 0 spiro atoms. The number of hydrogen-bond acceptors (Lipinski definition) is 4. The minimum absolute atomic E-state index is 0.0202. The summed E-state index contributed by atoms with van der Waals surface area (Å²) in [6.45, 7) is 5.47. The normalized spacial score (nSPS) is 11.4. The smallest absolute Gasteiger partial charge is 0.241 e. The third-order valence-corrected chi connectivity index (χ3v) is 4.72. The molecule has 3 N–H and O–H groups in total. The Kier molecular flexibility index (Phi) is 6.32. The van der Waals surface area contributed by atoms with E-state index in [9.17, 15) is 13.2 Å². The van der Waals surface area contributed by atoms with E-state index in [0.717, 1.165) is 5.56 Å². The Bertz CT molecular complexity index is 588. The van der Waals surface area contributed by atoms with Gasteiger partial charge in [-0.05, 0) is 31.9 Å². The fourth-order valence-corrected chi connectivity index (χ4v) is 3.73. The molecular weight excluding hydrogens is 292 g/mol. The van der Waals surface area contributed by atoms with E-state index in [1.54, 1.807) is 13.8 Å². The number of sulfonamides is 1. The first-order valence-electron chi connectivity index (χ1n) is 6.73. The molecule has 6 nitrogen and oxygen atoms in total. The lowest BCUT2D eigenvalue weighted by atomic mass is 10.1. The number of carbonyl (C=O) groups excluding carboxylic acids is 1. The van der Waals surface area contributed by atoms with Crippen molar-refractivity contribution in [3.63, 3.8) is 0 Å². The summed E-state index contributed by atoms with van der Waals surface area (Å²) in [6.07, 6.45) is 0.0309. The van der Waals surface area contributed by atoms with Crippen LogP contribution in [0.5, 0.6) is 0 Å². The summed E-state index contributed by atoms with van der Waals surface area (Å²) in [5.74, 6) is -0.302. The molecule has 0 aliphatic rings. The molecule has 0 heterocycles. The Labute approximate surface area is 125 Å². The summed E-state index contributed by atoms with van der Waals surface area (Å²) in [5, 5.41) is 11.0. The SMILES string of the molecule is Cc1cc(C)c(S(=O)(=O)NCCC(=O)NCCO)c(C)c1. The van der Waals surface area contributed by atoms with Crippen molar-refractivity contribution in [1.82, 2.24) is 10.0 Å². The van der Waals surface area contributed by atoms with Crippen LogP contribution in [0.2, 0.25) is 0 Å². The molecule has 1 aromatic rings. The first kappa shape index (κ1) is 17.6. The van der Waals surface area contributed by atoms with Gasteiger partial charge in [-0.25, -0.2) is 13.1 Å². The third-order valence-electron chi connectivity index (χ3n) is 2.95. The second-order valence-corrected chi connectivity index (χ2v) is 6.65. The van der Waals surface area contributed by atoms with Gasteiger partial charge in [0, 0.05) is 19.5 Å². The molecule has 118 valence electrons. The van der Waals surface area contributed by atoms with E-state index in [1.807, 2.05) is 19.1 Å². The predicted octanol–water partition coefficient (Wildman–Crippen LogP) is 0.389. The van der Waals surface area contributed by atoms with Crippen LogP contribution in [0.1, 0.15) is 23.1 Å². The molecule has 0 fully saturated rings. The zero-order chi connectivity index (χ0) is 16.0. The quantitative estimate of drug-likeness (QED) is 0.678. The zero-order valence-electron chi connectivity index (χ0n) is 12.6. The summed E-state index contributed by atoms with van der Waals surface area (Å²) in [7, 11) is -3.63. The highest BCUT2D eigenvalue weighted by molar-refractivity contribution is 7.89. The van der Waals surface area contributed by atoms with Crippen LogP contribution in [0.4, 0.5) is 0 Å². The zero-order valence-corrected chi connectivity index (χ0v) is 13.4. The lowest BCUT2D eigenvalue weighted by Gasteiger charge is -2.13. The topological polar surface area (TPSA) is 95.5 Å². The maximum atomic E-state index is 12.3. The molecule has 0 saturated heterocycles. The van der Waals surface area contributed by atoms with Crippen molar-refractivity contribution in [2.45, 2.75) is 32.1 Å². The minimum atomic E-state index is -3.63. The molecule has 0 aromatic heterocycles. The number of carbonyl (C=O) groups is 1. The predicted molar refractivity (Wildman–Crippen MR) is 80.6 cm³/mol. The Morgan fingerprint density at radius 2 is 1.71 bits per heavy atom. The summed E-state index contributed by atoms with van der Waals surface area (Å²) in [4.78, 5) is 11.6. The van der Waals surface area contributed by atoms with Crippen molar-refractivity contribution >= 4 is 15.9 Å². The van der Waals surface area contributed by atoms with Crippen molar-refractivity contribution in [3.8, 4) is 0 Å². The highest BCUT2D eigenvalue weighted by atomic mass is 32.2. The van der Waals surface area contributed by atoms with Crippen molar-refractivity contribution in [2.75, 3.05) is 19.7 Å². The van der Waals surface area contributed by atoms with E-state index in [4.69, 9.17) is 5.11 Å². The van der Waals surface area contributed by atoms with Gasteiger partial charge in [0.1, 0.15) is 0 Å². The molecule has 21 heavy (non-hydrogen) atoms. The van der Waals surface area contributed by atoms with Gasteiger partial charge in [0.25, 0.3) is 0 Å². The van der Waals surface area contributed by atoms with Crippen LogP contribution < -0.4 is 10.0 Å². The molecule has 1 aromatic carbocycles. The molecule has 0 aliphatic heterocycles. The van der Waals surface area contributed by atoms with Gasteiger partial charge < -0.3 is 10.4 Å². The van der Waals surface area contributed by atoms with Gasteiger partial charge >= 0.3 is 0 Å². The standard InChI is InChI=1S/C14H22N2O4S/c1-10-8-11(2)14(12(3)9-10)21(19,20)16-5-4-13(18)15-6-7-17/h8-9,16-17H,4-7H2,1-3H3,(H,15,18). The van der Waals surface area contributed by atoms with E-state index in [0.29, 0.717) is 11.1 Å². The van der Waals surface area contributed by atoms with Gasteiger partial charge in [-0.2, -0.15) is 0 Å². The fraction of sp³-hybridized carbons (Fsp3) is 0.500. The van der Waals surface area contributed by atoms with Crippen LogP contribution in [0.15, 0.2) is 17.0 Å². The highest BCUT2D eigenvalue weighted by Gasteiger charge is 2.19. The summed E-state index contributed by atoms with van der Waals surface area (Å²) in [5.41, 5.74) is 2.38. The number of hydrogen-bond donors (Lipinski definition) is 3. The third kappa shape index (κ3) is 5.11. The van der Waals surface area contributed by atoms with Gasteiger partial charge in [0.2, 0.25) is 15.9 Å². The largest absolute Gasteiger partial charge is 0.395 e. The van der Waals surface area contributed by atoms with Crippen LogP contribution in [-0.2, 0) is 14.8 Å². The number of rotatable bonds is 7. The monoisotopic (exact) mass is 314 g/mol. The minimum Gasteiger partial charge on any atom is -0.395 e. The van der Waals surface area contributed by atoms with Crippen molar-refractivity contribution in [2.24, 2.45) is 0 Å². The maximum absolute atomic E-state index is 12.3. The number of aliphatic hydroxyl groups is 1. The van der Waals surface area contributed by atoms with Crippen molar-refractivity contribution in [1.29, 1.82) is 0 Å². The van der Waals surface area contributed by atoms with Gasteiger partial charge in [-0.15, -0.1) is 0 Å². The van der Waals surface area contributed by atoms with Gasteiger partial charge in [-0.1, -0.05) is 17.7 Å². The van der Waals surface area contributed by atoms with E-state index in [-0.39, 0.29) is 36.9 Å². The first-order chi connectivity index (χ1) is 9.77. The Morgan fingerprint density at radius 1 is 1.14 bits per heavy atom. The average molecular weight is 314 g/mol. The Morgan fingerprint density at radius 3 is 2.24 bits per heavy atom. The van der Waals surface area contributed by atoms with Crippen molar-refractivity contribution < 1.29 is 18.3 Å². The molecule has 0 atom stereocenters. The molecule has 0 radical (unpaired) electrons. The Hall–Kier alpha value is -1.44. The molecule has 0 aliphatic carbocycles. The average Bonchev–Trinajstić information content (AvgIpc) is 2.34. The molecular formula is C14H22N2O4S. The van der Waals surface area contributed by atoms with Gasteiger partial charge in [0.05, 0.1) is 11.5 Å². The number of nitrogens with one attached hydrogen (secondary N) is 2. The summed E-state index contributed by atoms with van der Waals surface area (Å²) in [6, 6.07) is 3.63. The van der Waals surface area contributed by atoms with Crippen LogP contribution in [0, 0.1) is 20.8 Å². The highest BCUT2D eigenvalue weighted by Crippen LogP contribution is 2.21. The maximum Gasteiger partial charge on any atom is 0.241 e. The molecule has 1 amide bonds. The molecule has 0 saturated carbocycles. The Balaban J connectivity index is 2.73. The number of aliphatic hydroxyl groups excluding tert-OH is 1.